The van der Waals surface area contributed by atoms with E-state index in [1.807, 2.05) is 30.3 Å². The summed E-state index contributed by atoms with van der Waals surface area (Å²) in [6.07, 6.45) is 8.97. The zero-order chi connectivity index (χ0) is 23.2. The Kier molecular flexibility index (Phi) is 6.68. The monoisotopic (exact) mass is 451 g/mol. The van der Waals surface area contributed by atoms with Gasteiger partial charge in [-0.1, -0.05) is 78.9 Å². The first-order valence-electron chi connectivity index (χ1n) is 11.5. The molecule has 0 fully saturated rings. The van der Waals surface area contributed by atoms with Gasteiger partial charge in [0, 0.05) is 25.2 Å². The van der Waals surface area contributed by atoms with Crippen LogP contribution in [0.5, 0.6) is 0 Å². The first-order chi connectivity index (χ1) is 16.7. The standard InChI is InChI=1S/C28H26FN5/c29-25-16-12-23(13-17-25)20-34(18-21-6-2-1-3-7-21)19-22-10-14-24(15-11-22)26-8-4-5-9-27(26)28-30-32-33-31-28/h2,4-17H,1,3,18-20H2,(H,30,31,32,33). The van der Waals surface area contributed by atoms with Gasteiger partial charge in [-0.3, -0.25) is 4.90 Å². The molecule has 1 aliphatic carbocycles. The van der Waals surface area contributed by atoms with E-state index in [9.17, 15) is 4.39 Å². The molecule has 0 radical (unpaired) electrons. The lowest BCUT2D eigenvalue weighted by Gasteiger charge is -2.24. The zero-order valence-electron chi connectivity index (χ0n) is 18.9. The van der Waals surface area contributed by atoms with Gasteiger partial charge in [0.2, 0.25) is 5.82 Å². The Bertz CT molecular complexity index is 1280. The van der Waals surface area contributed by atoms with E-state index in [4.69, 9.17) is 0 Å². The number of aromatic nitrogens is 4. The third-order valence-electron chi connectivity index (χ3n) is 5.98. The molecule has 1 N–H and O–H groups in total. The van der Waals surface area contributed by atoms with Crippen molar-refractivity contribution < 1.29 is 4.39 Å². The topological polar surface area (TPSA) is 57.7 Å². The third-order valence-corrected chi connectivity index (χ3v) is 5.98. The van der Waals surface area contributed by atoms with E-state index in [2.05, 4.69) is 74.1 Å². The molecule has 1 aromatic heterocycles. The summed E-state index contributed by atoms with van der Waals surface area (Å²) in [6.45, 7) is 2.42. The summed E-state index contributed by atoms with van der Waals surface area (Å²) >= 11 is 0. The van der Waals surface area contributed by atoms with Gasteiger partial charge in [0.15, 0.2) is 0 Å². The van der Waals surface area contributed by atoms with Crippen molar-refractivity contribution in [2.45, 2.75) is 25.9 Å². The number of tetrazole rings is 1. The second-order valence-corrected chi connectivity index (χ2v) is 8.51. The maximum absolute atomic E-state index is 13.4. The van der Waals surface area contributed by atoms with Crippen molar-refractivity contribution in [3.8, 4) is 22.5 Å². The summed E-state index contributed by atoms with van der Waals surface area (Å²) in [7, 11) is 0. The Balaban J connectivity index is 1.36. The molecule has 5 nitrogen and oxygen atoms in total. The number of benzene rings is 3. The van der Waals surface area contributed by atoms with Crippen LogP contribution in [0.2, 0.25) is 0 Å². The molecule has 0 saturated heterocycles. The van der Waals surface area contributed by atoms with Gasteiger partial charge in [0.05, 0.1) is 0 Å². The summed E-state index contributed by atoms with van der Waals surface area (Å²) in [5.74, 6) is 0.379. The summed E-state index contributed by atoms with van der Waals surface area (Å²) < 4.78 is 13.4. The van der Waals surface area contributed by atoms with Crippen molar-refractivity contribution >= 4 is 0 Å². The second kappa shape index (κ2) is 10.4. The number of allylic oxidation sites excluding steroid dienone is 2. The average molecular weight is 452 g/mol. The molecule has 0 unspecified atom stereocenters. The number of halogens is 1. The van der Waals surface area contributed by atoms with Crippen LogP contribution in [0.4, 0.5) is 4.39 Å². The van der Waals surface area contributed by atoms with Crippen molar-refractivity contribution in [1.82, 2.24) is 25.5 Å². The highest BCUT2D eigenvalue weighted by molar-refractivity contribution is 5.80. The van der Waals surface area contributed by atoms with Gasteiger partial charge >= 0.3 is 0 Å². The highest BCUT2D eigenvalue weighted by Crippen LogP contribution is 2.30. The van der Waals surface area contributed by atoms with E-state index < -0.39 is 0 Å². The highest BCUT2D eigenvalue weighted by Gasteiger charge is 2.13. The highest BCUT2D eigenvalue weighted by atomic mass is 19.1. The van der Waals surface area contributed by atoms with Gasteiger partial charge < -0.3 is 0 Å². The van der Waals surface area contributed by atoms with E-state index in [1.54, 1.807) is 0 Å². The SMILES string of the molecule is Fc1ccc(CN(CC2=CCCC=C2)Cc2ccc(-c3ccccc3-c3nn[nH]n3)cc2)cc1. The van der Waals surface area contributed by atoms with Gasteiger partial charge in [-0.25, -0.2) is 4.39 Å². The third kappa shape index (κ3) is 5.35. The molecule has 34 heavy (non-hydrogen) atoms. The largest absolute Gasteiger partial charge is 0.291 e. The van der Waals surface area contributed by atoms with Crippen molar-refractivity contribution in [3.63, 3.8) is 0 Å². The fourth-order valence-electron chi connectivity index (χ4n) is 4.31. The van der Waals surface area contributed by atoms with Crippen LogP contribution in [0.3, 0.4) is 0 Å². The minimum absolute atomic E-state index is 0.204. The van der Waals surface area contributed by atoms with Gasteiger partial charge in [0.25, 0.3) is 0 Å². The van der Waals surface area contributed by atoms with Crippen LogP contribution in [0, 0.1) is 5.82 Å². The van der Waals surface area contributed by atoms with Crippen LogP contribution in [0.25, 0.3) is 22.5 Å². The Morgan fingerprint density at radius 1 is 0.794 bits per heavy atom. The first-order valence-corrected chi connectivity index (χ1v) is 11.5. The zero-order valence-corrected chi connectivity index (χ0v) is 18.9. The summed E-state index contributed by atoms with van der Waals surface area (Å²) in [5.41, 5.74) is 6.77. The summed E-state index contributed by atoms with van der Waals surface area (Å²) in [4.78, 5) is 2.40. The molecule has 0 atom stereocenters. The Morgan fingerprint density at radius 3 is 2.15 bits per heavy atom. The number of rotatable bonds is 8. The molecule has 0 amide bonds. The Labute approximate surface area is 198 Å². The van der Waals surface area contributed by atoms with Gasteiger partial charge in [-0.2, -0.15) is 5.21 Å². The van der Waals surface area contributed by atoms with E-state index in [-0.39, 0.29) is 5.82 Å². The molecular formula is C28H26FN5. The van der Waals surface area contributed by atoms with Crippen LogP contribution in [0.1, 0.15) is 24.0 Å². The van der Waals surface area contributed by atoms with E-state index >= 15 is 0 Å². The van der Waals surface area contributed by atoms with Crippen molar-refractivity contribution in [1.29, 1.82) is 0 Å². The molecular weight excluding hydrogens is 425 g/mol. The molecule has 0 bridgehead atoms. The number of nitrogens with zero attached hydrogens (tertiary/aromatic N) is 4. The van der Waals surface area contributed by atoms with E-state index in [1.165, 1.54) is 23.3 Å². The van der Waals surface area contributed by atoms with E-state index in [0.717, 1.165) is 54.7 Å². The molecule has 0 aliphatic heterocycles. The Morgan fingerprint density at radius 2 is 1.50 bits per heavy atom. The fraction of sp³-hybridized carbons (Fsp3) is 0.179. The predicted octanol–water partition coefficient (Wildman–Crippen LogP) is 5.95. The van der Waals surface area contributed by atoms with Crippen LogP contribution >= 0.6 is 0 Å². The quantitative estimate of drug-likeness (QED) is 0.360. The fourth-order valence-corrected chi connectivity index (χ4v) is 4.31. The predicted molar refractivity (Wildman–Crippen MR) is 132 cm³/mol. The van der Waals surface area contributed by atoms with Crippen molar-refractivity contribution in [2.75, 3.05) is 6.54 Å². The number of H-pyrrole nitrogens is 1. The lowest BCUT2D eigenvalue weighted by atomic mass is 9.98. The minimum Gasteiger partial charge on any atom is -0.291 e. The van der Waals surface area contributed by atoms with Crippen LogP contribution < -0.4 is 0 Å². The van der Waals surface area contributed by atoms with Crippen molar-refractivity contribution in [2.24, 2.45) is 0 Å². The molecule has 0 saturated carbocycles. The maximum Gasteiger partial charge on any atom is 0.205 e. The van der Waals surface area contributed by atoms with Gasteiger partial charge in [0.1, 0.15) is 5.82 Å². The molecule has 0 spiro atoms. The van der Waals surface area contributed by atoms with Gasteiger partial charge in [-0.15, -0.1) is 10.2 Å². The molecule has 5 rings (SSSR count). The van der Waals surface area contributed by atoms with Crippen LogP contribution in [-0.4, -0.2) is 32.1 Å². The number of aromatic amines is 1. The van der Waals surface area contributed by atoms with Crippen LogP contribution in [0.15, 0.2) is 96.6 Å². The lowest BCUT2D eigenvalue weighted by Crippen LogP contribution is -2.25. The smallest absolute Gasteiger partial charge is 0.205 e. The number of hydrogen-bond acceptors (Lipinski definition) is 4. The lowest BCUT2D eigenvalue weighted by molar-refractivity contribution is 0.281. The summed E-state index contributed by atoms with van der Waals surface area (Å²) in [5, 5.41) is 14.5. The molecule has 4 aromatic rings. The molecule has 1 heterocycles. The molecule has 170 valence electrons. The minimum atomic E-state index is -0.204. The van der Waals surface area contributed by atoms with E-state index in [0.29, 0.717) is 5.82 Å². The number of hydrogen-bond donors (Lipinski definition) is 1. The van der Waals surface area contributed by atoms with Crippen molar-refractivity contribution in [3.05, 3.63) is 114 Å². The Hall–Kier alpha value is -3.90. The molecule has 3 aromatic carbocycles. The maximum atomic E-state index is 13.4. The first kappa shape index (κ1) is 21.9. The molecule has 1 aliphatic rings. The molecule has 6 heteroatoms. The summed E-state index contributed by atoms with van der Waals surface area (Å²) in [6, 6.07) is 23.5. The van der Waals surface area contributed by atoms with Crippen LogP contribution in [-0.2, 0) is 13.1 Å². The average Bonchev–Trinajstić information content (AvgIpc) is 3.42. The normalized spacial score (nSPS) is 13.3. The van der Waals surface area contributed by atoms with Gasteiger partial charge in [-0.05, 0) is 58.0 Å². The second-order valence-electron chi connectivity index (χ2n) is 8.51. The number of nitrogens with one attached hydrogen (secondary N) is 1.